The molecule has 0 aliphatic rings. The molecular formula is C16H27ClN2O2. The second-order valence-electron chi connectivity index (χ2n) is 6.08. The quantitative estimate of drug-likeness (QED) is 0.909. The lowest BCUT2D eigenvalue weighted by molar-refractivity contribution is -0.134. The zero-order valence-electron chi connectivity index (χ0n) is 13.6. The summed E-state index contributed by atoms with van der Waals surface area (Å²) < 4.78 is 5.58. The van der Waals surface area contributed by atoms with Crippen molar-refractivity contribution < 1.29 is 9.53 Å². The number of hydrogen-bond acceptors (Lipinski definition) is 3. The van der Waals surface area contributed by atoms with Gasteiger partial charge in [0, 0.05) is 19.2 Å². The number of amides is 1. The lowest BCUT2D eigenvalue weighted by Crippen LogP contribution is -2.48. The Labute approximate surface area is 134 Å². The van der Waals surface area contributed by atoms with Gasteiger partial charge in [0.05, 0.1) is 12.6 Å². The van der Waals surface area contributed by atoms with E-state index in [1.807, 2.05) is 52.0 Å². The Kier molecular flexibility index (Phi) is 7.75. The normalized spacial score (nSPS) is 12.3. The van der Waals surface area contributed by atoms with E-state index in [2.05, 4.69) is 0 Å². The van der Waals surface area contributed by atoms with Gasteiger partial charge < -0.3 is 15.4 Å². The van der Waals surface area contributed by atoms with E-state index in [0.717, 1.165) is 11.3 Å². The van der Waals surface area contributed by atoms with Gasteiger partial charge in [-0.3, -0.25) is 4.79 Å². The first-order valence-corrected chi connectivity index (χ1v) is 6.98. The van der Waals surface area contributed by atoms with Crippen molar-refractivity contribution in [2.75, 3.05) is 13.7 Å². The topological polar surface area (TPSA) is 55.6 Å². The van der Waals surface area contributed by atoms with E-state index >= 15 is 0 Å². The smallest absolute Gasteiger partial charge is 0.240 e. The van der Waals surface area contributed by atoms with Crippen LogP contribution in [0.3, 0.4) is 0 Å². The molecule has 0 radical (unpaired) electrons. The summed E-state index contributed by atoms with van der Waals surface area (Å²) in [5.41, 5.74) is 6.77. The van der Waals surface area contributed by atoms with Crippen LogP contribution in [0, 0.1) is 5.41 Å². The Balaban J connectivity index is 0.00000400. The number of carbonyl (C=O) groups excluding carboxylic acids is 1. The number of nitrogens with two attached hydrogens (primary N) is 1. The van der Waals surface area contributed by atoms with Crippen LogP contribution in [0.5, 0.6) is 5.75 Å². The minimum Gasteiger partial charge on any atom is -0.494 e. The number of para-hydroxylation sites is 1. The van der Waals surface area contributed by atoms with Crippen LogP contribution in [0.1, 0.15) is 33.3 Å². The van der Waals surface area contributed by atoms with Crippen LogP contribution in [0.25, 0.3) is 0 Å². The van der Waals surface area contributed by atoms with Gasteiger partial charge in [0.15, 0.2) is 0 Å². The molecule has 0 fully saturated rings. The van der Waals surface area contributed by atoms with Crippen molar-refractivity contribution in [3.63, 3.8) is 0 Å². The third kappa shape index (κ3) is 5.56. The Morgan fingerprint density at radius 1 is 1.33 bits per heavy atom. The van der Waals surface area contributed by atoms with Crippen LogP contribution in [0.15, 0.2) is 24.3 Å². The molecule has 1 amide bonds. The molecule has 1 aromatic carbocycles. The van der Waals surface area contributed by atoms with E-state index in [4.69, 9.17) is 10.5 Å². The molecule has 1 unspecified atom stereocenters. The maximum Gasteiger partial charge on any atom is 0.240 e. The molecule has 4 nitrogen and oxygen atoms in total. The maximum absolute atomic E-state index is 12.3. The minimum atomic E-state index is -0.508. The van der Waals surface area contributed by atoms with Gasteiger partial charge in [-0.25, -0.2) is 0 Å². The summed E-state index contributed by atoms with van der Waals surface area (Å²) >= 11 is 0. The maximum atomic E-state index is 12.3. The Morgan fingerprint density at radius 3 is 2.43 bits per heavy atom. The molecule has 0 aliphatic heterocycles. The zero-order chi connectivity index (χ0) is 15.3. The standard InChI is InChI=1S/C16H26N2O2.ClH/c1-6-20-13-10-8-7-9-12(13)11-18(5)15(19)14(17)16(2,3)4;/h7-10,14H,6,11,17H2,1-5H3;1H. The lowest BCUT2D eigenvalue weighted by atomic mass is 9.86. The largest absolute Gasteiger partial charge is 0.494 e. The number of rotatable bonds is 5. The van der Waals surface area contributed by atoms with Crippen molar-refractivity contribution in [2.45, 2.75) is 40.3 Å². The van der Waals surface area contributed by atoms with Gasteiger partial charge in [-0.2, -0.15) is 0 Å². The van der Waals surface area contributed by atoms with E-state index in [1.165, 1.54) is 0 Å². The molecule has 0 aromatic heterocycles. The summed E-state index contributed by atoms with van der Waals surface area (Å²) in [6.45, 7) is 8.96. The van der Waals surface area contributed by atoms with Crippen molar-refractivity contribution in [1.82, 2.24) is 4.90 Å². The molecule has 1 rings (SSSR count). The number of hydrogen-bond donors (Lipinski definition) is 1. The van der Waals surface area contributed by atoms with Crippen LogP contribution in [-0.2, 0) is 11.3 Å². The van der Waals surface area contributed by atoms with Crippen LogP contribution >= 0.6 is 12.4 Å². The fraction of sp³-hybridized carbons (Fsp3) is 0.562. The average Bonchev–Trinajstić information content (AvgIpc) is 2.38. The highest BCUT2D eigenvalue weighted by molar-refractivity contribution is 5.85. The molecule has 0 saturated carbocycles. The monoisotopic (exact) mass is 314 g/mol. The summed E-state index contributed by atoms with van der Waals surface area (Å²) in [6.07, 6.45) is 0. The van der Waals surface area contributed by atoms with Gasteiger partial charge in [0.1, 0.15) is 5.75 Å². The van der Waals surface area contributed by atoms with Gasteiger partial charge in [0.25, 0.3) is 0 Å². The van der Waals surface area contributed by atoms with Gasteiger partial charge >= 0.3 is 0 Å². The van der Waals surface area contributed by atoms with Gasteiger partial charge in [-0.15, -0.1) is 12.4 Å². The van der Waals surface area contributed by atoms with Crippen molar-refractivity contribution in [3.8, 4) is 5.75 Å². The van der Waals surface area contributed by atoms with E-state index < -0.39 is 6.04 Å². The molecule has 0 aliphatic carbocycles. The summed E-state index contributed by atoms with van der Waals surface area (Å²) in [5.74, 6) is 0.766. The van der Waals surface area contributed by atoms with Gasteiger partial charge in [-0.1, -0.05) is 39.0 Å². The predicted molar refractivity (Wildman–Crippen MR) is 88.8 cm³/mol. The highest BCUT2D eigenvalue weighted by Crippen LogP contribution is 2.22. The second-order valence-corrected chi connectivity index (χ2v) is 6.08. The fourth-order valence-electron chi connectivity index (χ4n) is 1.87. The first-order valence-electron chi connectivity index (χ1n) is 6.98. The summed E-state index contributed by atoms with van der Waals surface area (Å²) in [4.78, 5) is 14.0. The van der Waals surface area contributed by atoms with Crippen LogP contribution in [0.2, 0.25) is 0 Å². The lowest BCUT2D eigenvalue weighted by Gasteiger charge is -2.30. The SMILES string of the molecule is CCOc1ccccc1CN(C)C(=O)C(N)C(C)(C)C.Cl. The summed E-state index contributed by atoms with van der Waals surface area (Å²) in [6, 6.07) is 7.25. The molecule has 1 aromatic rings. The van der Waals surface area contributed by atoms with Crippen LogP contribution in [-0.4, -0.2) is 30.5 Å². The molecule has 2 N–H and O–H groups in total. The molecule has 5 heteroatoms. The predicted octanol–water partition coefficient (Wildman–Crippen LogP) is 2.84. The Hall–Kier alpha value is -1.26. The average molecular weight is 315 g/mol. The number of likely N-dealkylation sites (N-methyl/N-ethyl adjacent to an activating group) is 1. The highest BCUT2D eigenvalue weighted by atomic mass is 35.5. The van der Waals surface area contributed by atoms with Gasteiger partial charge in [0.2, 0.25) is 5.91 Å². The molecule has 0 bridgehead atoms. The third-order valence-corrected chi connectivity index (χ3v) is 3.26. The minimum absolute atomic E-state index is 0. The van der Waals surface area contributed by atoms with E-state index in [9.17, 15) is 4.79 Å². The first-order chi connectivity index (χ1) is 9.27. The van der Waals surface area contributed by atoms with Crippen molar-refractivity contribution in [3.05, 3.63) is 29.8 Å². The van der Waals surface area contributed by atoms with Crippen molar-refractivity contribution >= 4 is 18.3 Å². The van der Waals surface area contributed by atoms with E-state index in [1.54, 1.807) is 11.9 Å². The van der Waals surface area contributed by atoms with Crippen LogP contribution in [0.4, 0.5) is 0 Å². The van der Waals surface area contributed by atoms with E-state index in [-0.39, 0.29) is 23.7 Å². The molecule has 0 heterocycles. The van der Waals surface area contributed by atoms with E-state index in [0.29, 0.717) is 13.2 Å². The molecule has 0 spiro atoms. The number of halogens is 1. The van der Waals surface area contributed by atoms with Gasteiger partial charge in [-0.05, 0) is 18.4 Å². The number of nitrogens with zero attached hydrogens (tertiary/aromatic N) is 1. The van der Waals surface area contributed by atoms with Crippen molar-refractivity contribution in [2.24, 2.45) is 11.1 Å². The number of carbonyl (C=O) groups is 1. The number of ether oxygens (including phenoxy) is 1. The van der Waals surface area contributed by atoms with Crippen molar-refractivity contribution in [1.29, 1.82) is 0 Å². The first kappa shape index (κ1) is 19.7. The zero-order valence-corrected chi connectivity index (χ0v) is 14.4. The third-order valence-electron chi connectivity index (χ3n) is 3.26. The summed E-state index contributed by atoms with van der Waals surface area (Å²) in [5, 5.41) is 0. The Morgan fingerprint density at radius 2 is 1.90 bits per heavy atom. The fourth-order valence-corrected chi connectivity index (χ4v) is 1.87. The second kappa shape index (κ2) is 8.25. The molecule has 0 saturated heterocycles. The molecule has 21 heavy (non-hydrogen) atoms. The molecule has 1 atom stereocenters. The molecule has 120 valence electrons. The number of benzene rings is 1. The highest BCUT2D eigenvalue weighted by Gasteiger charge is 2.29. The Bertz CT molecular complexity index is 458. The van der Waals surface area contributed by atoms with Crippen LogP contribution < -0.4 is 10.5 Å². The molecular weight excluding hydrogens is 288 g/mol. The summed E-state index contributed by atoms with van der Waals surface area (Å²) in [7, 11) is 1.77.